The number of aromatic nitrogens is 2. The Kier molecular flexibility index (Phi) is 4.78. The fourth-order valence-corrected chi connectivity index (χ4v) is 2.82. The Labute approximate surface area is 99.3 Å². The van der Waals surface area contributed by atoms with Crippen LogP contribution in [0.3, 0.4) is 0 Å². The van der Waals surface area contributed by atoms with Gasteiger partial charge in [-0.25, -0.2) is 8.42 Å². The van der Waals surface area contributed by atoms with E-state index in [1.807, 2.05) is 6.92 Å². The highest BCUT2D eigenvalue weighted by atomic mass is 32.2. The molecule has 0 bridgehead atoms. The molecule has 1 aromatic heterocycles. The third kappa shape index (κ3) is 4.12. The molecule has 3 N–H and O–H groups in total. The van der Waals surface area contributed by atoms with Crippen molar-refractivity contribution in [1.29, 1.82) is 0 Å². The maximum atomic E-state index is 11.0. The van der Waals surface area contributed by atoms with Gasteiger partial charge in [0.25, 0.3) is 0 Å². The van der Waals surface area contributed by atoms with Crippen LogP contribution < -0.4 is 11.3 Å². The molecule has 0 aromatic carbocycles. The molecule has 0 aliphatic heterocycles. The number of hydrogen-bond acceptors (Lipinski definition) is 7. The van der Waals surface area contributed by atoms with E-state index in [9.17, 15) is 8.42 Å². The lowest BCUT2D eigenvalue weighted by Crippen LogP contribution is -2.28. The van der Waals surface area contributed by atoms with Crippen LogP contribution in [0, 0.1) is 6.92 Å². The minimum absolute atomic E-state index is 0.0678. The third-order valence-electron chi connectivity index (χ3n) is 2.21. The molecule has 1 rings (SSSR count). The third-order valence-corrected chi connectivity index (χ3v) is 4.18. The van der Waals surface area contributed by atoms with E-state index < -0.39 is 9.84 Å². The summed E-state index contributed by atoms with van der Waals surface area (Å²) in [7, 11) is -2.90. The Morgan fingerprint density at radius 2 is 2.25 bits per heavy atom. The van der Waals surface area contributed by atoms with Gasteiger partial charge in [0.1, 0.15) is 9.84 Å². The topological polar surface area (TPSA) is 98.0 Å². The molecular formula is C8H16N4O2S2. The van der Waals surface area contributed by atoms with Gasteiger partial charge in [0.05, 0.1) is 16.6 Å². The molecule has 0 saturated carbocycles. The van der Waals surface area contributed by atoms with E-state index in [-0.39, 0.29) is 11.8 Å². The molecule has 1 atom stereocenters. The highest BCUT2D eigenvalue weighted by Crippen LogP contribution is 2.23. The molecule has 0 spiro atoms. The van der Waals surface area contributed by atoms with Gasteiger partial charge in [-0.1, -0.05) is 4.49 Å². The Bertz CT molecular complexity index is 429. The van der Waals surface area contributed by atoms with Gasteiger partial charge < -0.3 is 0 Å². The molecule has 0 saturated heterocycles. The Balaban J connectivity index is 2.54. The summed E-state index contributed by atoms with van der Waals surface area (Å²) >= 11 is 1.29. The molecule has 92 valence electrons. The van der Waals surface area contributed by atoms with E-state index >= 15 is 0 Å². The van der Waals surface area contributed by atoms with Gasteiger partial charge in [0.2, 0.25) is 0 Å². The van der Waals surface area contributed by atoms with Gasteiger partial charge in [0, 0.05) is 12.0 Å². The summed E-state index contributed by atoms with van der Waals surface area (Å²) in [6.45, 7) is 1.86. The summed E-state index contributed by atoms with van der Waals surface area (Å²) in [4.78, 5) is 0.969. The van der Waals surface area contributed by atoms with Crippen molar-refractivity contribution in [2.45, 2.75) is 25.8 Å². The van der Waals surface area contributed by atoms with Crippen molar-refractivity contribution in [3.05, 3.63) is 10.6 Å². The standard InChI is InChI=1S/C8H16N4O2S2/c1-6-8(15-12-11-6)7(10-9)4-3-5-16(2,13)14/h7,10H,3-5,9H2,1-2H3. The SMILES string of the molecule is Cc1nnsc1C(CCCS(C)(=O)=O)NN. The van der Waals surface area contributed by atoms with Crippen molar-refractivity contribution in [3.8, 4) is 0 Å². The van der Waals surface area contributed by atoms with Crippen LogP contribution in [0.2, 0.25) is 0 Å². The average Bonchev–Trinajstić information content (AvgIpc) is 2.58. The number of nitrogens with one attached hydrogen (secondary N) is 1. The molecule has 1 unspecified atom stereocenters. The molecule has 6 nitrogen and oxygen atoms in total. The van der Waals surface area contributed by atoms with Crippen molar-refractivity contribution in [2.75, 3.05) is 12.0 Å². The van der Waals surface area contributed by atoms with Crippen molar-refractivity contribution in [2.24, 2.45) is 5.84 Å². The van der Waals surface area contributed by atoms with Crippen molar-refractivity contribution < 1.29 is 8.42 Å². The molecular weight excluding hydrogens is 248 g/mol. The summed E-state index contributed by atoms with van der Waals surface area (Å²) in [5.74, 6) is 5.61. The predicted octanol–water partition coefficient (Wildman–Crippen LogP) is 0.176. The average molecular weight is 264 g/mol. The summed E-state index contributed by atoms with van der Waals surface area (Å²) in [6, 6.07) is -0.0678. The van der Waals surface area contributed by atoms with E-state index in [1.165, 1.54) is 17.8 Å². The highest BCUT2D eigenvalue weighted by Gasteiger charge is 2.16. The van der Waals surface area contributed by atoms with Gasteiger partial charge in [0.15, 0.2) is 0 Å². The van der Waals surface area contributed by atoms with Crippen LogP contribution in [0.1, 0.15) is 29.5 Å². The lowest BCUT2D eigenvalue weighted by molar-refractivity contribution is 0.512. The van der Waals surface area contributed by atoms with Gasteiger partial charge in [-0.2, -0.15) is 0 Å². The normalized spacial score (nSPS) is 13.9. The van der Waals surface area contributed by atoms with Crippen molar-refractivity contribution in [1.82, 2.24) is 15.0 Å². The maximum Gasteiger partial charge on any atom is 0.147 e. The van der Waals surface area contributed by atoms with Crippen LogP contribution in [-0.2, 0) is 9.84 Å². The first-order valence-electron chi connectivity index (χ1n) is 4.86. The van der Waals surface area contributed by atoms with E-state index in [1.54, 1.807) is 0 Å². The molecule has 1 heterocycles. The minimum atomic E-state index is -2.90. The number of nitrogens with zero attached hydrogens (tertiary/aromatic N) is 2. The quantitative estimate of drug-likeness (QED) is 0.561. The smallest absolute Gasteiger partial charge is 0.147 e. The van der Waals surface area contributed by atoms with Gasteiger partial charge in [-0.05, 0) is 31.3 Å². The second-order valence-electron chi connectivity index (χ2n) is 3.71. The minimum Gasteiger partial charge on any atom is -0.271 e. The molecule has 8 heteroatoms. The first-order valence-corrected chi connectivity index (χ1v) is 7.70. The van der Waals surface area contributed by atoms with Crippen molar-refractivity contribution >= 4 is 21.4 Å². The zero-order chi connectivity index (χ0) is 12.2. The Morgan fingerprint density at radius 3 is 2.69 bits per heavy atom. The Hall–Kier alpha value is -0.570. The largest absolute Gasteiger partial charge is 0.271 e. The number of nitrogens with two attached hydrogens (primary N) is 1. The second kappa shape index (κ2) is 5.67. The van der Waals surface area contributed by atoms with Crippen LogP contribution in [0.5, 0.6) is 0 Å². The summed E-state index contributed by atoms with van der Waals surface area (Å²) in [6.07, 6.45) is 2.47. The number of sulfone groups is 1. The first kappa shape index (κ1) is 13.5. The van der Waals surface area contributed by atoms with Gasteiger partial charge in [-0.15, -0.1) is 5.10 Å². The maximum absolute atomic E-state index is 11.0. The van der Waals surface area contributed by atoms with E-state index in [0.717, 1.165) is 10.6 Å². The predicted molar refractivity (Wildman–Crippen MR) is 63.7 cm³/mol. The first-order chi connectivity index (χ1) is 7.44. The van der Waals surface area contributed by atoms with Crippen LogP contribution >= 0.6 is 11.5 Å². The highest BCUT2D eigenvalue weighted by molar-refractivity contribution is 7.90. The molecule has 0 aliphatic rings. The molecule has 0 aliphatic carbocycles. The van der Waals surface area contributed by atoms with E-state index in [0.29, 0.717) is 12.8 Å². The Morgan fingerprint density at radius 1 is 1.56 bits per heavy atom. The summed E-state index contributed by atoms with van der Waals surface area (Å²) < 4.78 is 25.8. The number of hydrazine groups is 1. The second-order valence-corrected chi connectivity index (χ2v) is 6.76. The molecule has 16 heavy (non-hydrogen) atoms. The molecule has 1 aromatic rings. The van der Waals surface area contributed by atoms with Crippen LogP contribution in [0.4, 0.5) is 0 Å². The number of hydrogen-bond donors (Lipinski definition) is 2. The van der Waals surface area contributed by atoms with E-state index in [4.69, 9.17) is 5.84 Å². The van der Waals surface area contributed by atoms with Gasteiger partial charge >= 0.3 is 0 Å². The van der Waals surface area contributed by atoms with Crippen LogP contribution in [-0.4, -0.2) is 30.0 Å². The number of rotatable bonds is 6. The summed E-state index contributed by atoms with van der Waals surface area (Å²) in [5, 5.41) is 3.90. The zero-order valence-electron chi connectivity index (χ0n) is 9.30. The monoisotopic (exact) mass is 264 g/mol. The molecule has 0 fully saturated rings. The van der Waals surface area contributed by atoms with Gasteiger partial charge in [-0.3, -0.25) is 11.3 Å². The zero-order valence-corrected chi connectivity index (χ0v) is 10.9. The lowest BCUT2D eigenvalue weighted by atomic mass is 10.1. The summed E-state index contributed by atoms with van der Waals surface area (Å²) in [5.41, 5.74) is 3.51. The van der Waals surface area contributed by atoms with Crippen LogP contribution in [0.15, 0.2) is 0 Å². The molecule has 0 amide bonds. The van der Waals surface area contributed by atoms with Crippen molar-refractivity contribution in [3.63, 3.8) is 0 Å². The van der Waals surface area contributed by atoms with E-state index in [2.05, 4.69) is 15.0 Å². The fourth-order valence-electron chi connectivity index (χ4n) is 1.40. The number of aryl methyl sites for hydroxylation is 1. The molecule has 0 radical (unpaired) electrons. The van der Waals surface area contributed by atoms with Crippen LogP contribution in [0.25, 0.3) is 0 Å². The fraction of sp³-hybridized carbons (Fsp3) is 0.750. The lowest BCUT2D eigenvalue weighted by Gasteiger charge is -2.13.